The van der Waals surface area contributed by atoms with Gasteiger partial charge in [-0.15, -0.1) is 0 Å². The van der Waals surface area contributed by atoms with Crippen molar-refractivity contribution in [3.63, 3.8) is 0 Å². The Morgan fingerprint density at radius 3 is 2.65 bits per heavy atom. The number of rotatable bonds is 4. The third kappa shape index (κ3) is 2.87. The van der Waals surface area contributed by atoms with Gasteiger partial charge in [0.05, 0.1) is 22.4 Å². The number of benzene rings is 1. The van der Waals surface area contributed by atoms with Gasteiger partial charge in [-0.25, -0.2) is 0 Å². The molecule has 1 aromatic heterocycles. The Bertz CT molecular complexity index is 648. The molecule has 1 N–H and O–H groups in total. The van der Waals surface area contributed by atoms with Crippen LogP contribution in [-0.2, 0) is 0 Å². The second-order valence-corrected chi connectivity index (χ2v) is 4.32. The topological polar surface area (TPSA) is 81.0 Å². The van der Waals surface area contributed by atoms with E-state index in [1.807, 2.05) is 13.8 Å². The van der Waals surface area contributed by atoms with Crippen LogP contribution >= 0.6 is 0 Å². The van der Waals surface area contributed by atoms with Crippen molar-refractivity contribution in [2.75, 3.05) is 5.32 Å². The first-order valence-electron chi connectivity index (χ1n) is 5.97. The zero-order valence-corrected chi connectivity index (χ0v) is 11.0. The Labute approximate surface area is 114 Å². The standard InChI is InChI=1S/C13H13FN4O2/c1-8-13(16-6-5-15-8)9(2)17-10-3-4-12(18(19)20)11(14)7-10/h3-7,9,17H,1-2H3. The van der Waals surface area contributed by atoms with E-state index in [4.69, 9.17) is 0 Å². The summed E-state index contributed by atoms with van der Waals surface area (Å²) in [6.07, 6.45) is 3.17. The molecule has 0 aliphatic rings. The third-order valence-electron chi connectivity index (χ3n) is 2.86. The van der Waals surface area contributed by atoms with Gasteiger partial charge in [0.1, 0.15) is 0 Å². The van der Waals surface area contributed by atoms with Gasteiger partial charge < -0.3 is 5.32 Å². The number of halogens is 1. The van der Waals surface area contributed by atoms with Gasteiger partial charge in [-0.1, -0.05) is 0 Å². The molecule has 7 heteroatoms. The summed E-state index contributed by atoms with van der Waals surface area (Å²) in [5.41, 5.74) is 1.42. The van der Waals surface area contributed by atoms with E-state index < -0.39 is 16.4 Å². The van der Waals surface area contributed by atoms with E-state index >= 15 is 0 Å². The van der Waals surface area contributed by atoms with Gasteiger partial charge in [0.2, 0.25) is 5.82 Å². The first kappa shape index (κ1) is 13.9. The smallest absolute Gasteiger partial charge is 0.304 e. The summed E-state index contributed by atoms with van der Waals surface area (Å²) in [7, 11) is 0. The van der Waals surface area contributed by atoms with Crippen molar-refractivity contribution < 1.29 is 9.31 Å². The SMILES string of the molecule is Cc1nccnc1C(C)Nc1ccc([N+](=O)[O-])c(F)c1. The summed E-state index contributed by atoms with van der Waals surface area (Å²) in [5.74, 6) is -0.872. The zero-order valence-electron chi connectivity index (χ0n) is 11.0. The molecule has 0 bridgehead atoms. The third-order valence-corrected chi connectivity index (χ3v) is 2.86. The first-order chi connectivity index (χ1) is 9.49. The first-order valence-corrected chi connectivity index (χ1v) is 5.97. The van der Waals surface area contributed by atoms with Crippen LogP contribution in [-0.4, -0.2) is 14.9 Å². The van der Waals surface area contributed by atoms with Gasteiger partial charge in [0.25, 0.3) is 0 Å². The predicted octanol–water partition coefficient (Wildman–Crippen LogP) is 3.01. The lowest BCUT2D eigenvalue weighted by atomic mass is 10.1. The van der Waals surface area contributed by atoms with Gasteiger partial charge in [0, 0.05) is 30.2 Å². The van der Waals surface area contributed by atoms with E-state index in [-0.39, 0.29) is 6.04 Å². The van der Waals surface area contributed by atoms with Crippen molar-refractivity contribution in [1.82, 2.24) is 9.97 Å². The Hall–Kier alpha value is -2.57. The molecule has 6 nitrogen and oxygen atoms in total. The molecule has 1 heterocycles. The van der Waals surface area contributed by atoms with Crippen molar-refractivity contribution in [1.29, 1.82) is 0 Å². The predicted molar refractivity (Wildman–Crippen MR) is 71.9 cm³/mol. The van der Waals surface area contributed by atoms with Gasteiger partial charge >= 0.3 is 5.69 Å². The maximum Gasteiger partial charge on any atom is 0.304 e. The van der Waals surface area contributed by atoms with Gasteiger partial charge in [-0.2, -0.15) is 4.39 Å². The molecular formula is C13H13FN4O2. The van der Waals surface area contributed by atoms with Crippen molar-refractivity contribution in [3.05, 3.63) is 57.9 Å². The molecule has 0 amide bonds. The Kier molecular flexibility index (Phi) is 3.88. The molecule has 1 aromatic carbocycles. The number of anilines is 1. The summed E-state index contributed by atoms with van der Waals surface area (Å²) < 4.78 is 13.5. The molecule has 1 atom stereocenters. The second kappa shape index (κ2) is 5.60. The summed E-state index contributed by atoms with van der Waals surface area (Å²) in [4.78, 5) is 18.1. The molecule has 0 aliphatic carbocycles. The number of aromatic nitrogens is 2. The molecule has 0 fully saturated rings. The molecule has 2 rings (SSSR count). The van der Waals surface area contributed by atoms with Crippen LogP contribution in [0.25, 0.3) is 0 Å². The second-order valence-electron chi connectivity index (χ2n) is 4.32. The lowest BCUT2D eigenvalue weighted by Crippen LogP contribution is -2.11. The summed E-state index contributed by atoms with van der Waals surface area (Å²) >= 11 is 0. The molecule has 0 radical (unpaired) electrons. The number of nitrogens with zero attached hydrogens (tertiary/aromatic N) is 3. The van der Waals surface area contributed by atoms with Gasteiger partial charge in [-0.05, 0) is 19.9 Å². The fourth-order valence-electron chi connectivity index (χ4n) is 1.91. The quantitative estimate of drug-likeness (QED) is 0.685. The Morgan fingerprint density at radius 2 is 2.05 bits per heavy atom. The lowest BCUT2D eigenvalue weighted by Gasteiger charge is -2.16. The minimum atomic E-state index is -0.872. The molecular weight excluding hydrogens is 263 g/mol. The highest BCUT2D eigenvalue weighted by Gasteiger charge is 2.16. The van der Waals surface area contributed by atoms with Crippen LogP contribution in [0.1, 0.15) is 24.4 Å². The highest BCUT2D eigenvalue weighted by Crippen LogP contribution is 2.24. The van der Waals surface area contributed by atoms with E-state index in [1.54, 1.807) is 12.4 Å². The largest absolute Gasteiger partial charge is 0.377 e. The van der Waals surface area contributed by atoms with Crippen molar-refractivity contribution in [2.24, 2.45) is 0 Å². The average Bonchev–Trinajstić information content (AvgIpc) is 2.38. The highest BCUT2D eigenvalue weighted by atomic mass is 19.1. The highest BCUT2D eigenvalue weighted by molar-refractivity contribution is 5.50. The molecule has 20 heavy (non-hydrogen) atoms. The van der Waals surface area contributed by atoms with Crippen LogP contribution in [0, 0.1) is 22.9 Å². The van der Waals surface area contributed by atoms with Crippen LogP contribution in [0.2, 0.25) is 0 Å². The molecule has 1 unspecified atom stereocenters. The zero-order chi connectivity index (χ0) is 14.7. The van der Waals surface area contributed by atoms with Gasteiger partial charge in [0.15, 0.2) is 0 Å². The van der Waals surface area contributed by atoms with Crippen molar-refractivity contribution >= 4 is 11.4 Å². The van der Waals surface area contributed by atoms with Crippen LogP contribution < -0.4 is 5.32 Å². The molecule has 0 spiro atoms. The molecule has 104 valence electrons. The average molecular weight is 276 g/mol. The molecule has 0 aliphatic heterocycles. The fraction of sp³-hybridized carbons (Fsp3) is 0.231. The minimum Gasteiger partial charge on any atom is -0.377 e. The van der Waals surface area contributed by atoms with E-state index in [9.17, 15) is 14.5 Å². The number of nitrogens with one attached hydrogen (secondary N) is 1. The fourth-order valence-corrected chi connectivity index (χ4v) is 1.91. The molecule has 0 saturated carbocycles. The lowest BCUT2D eigenvalue weighted by molar-refractivity contribution is -0.387. The maximum absolute atomic E-state index is 13.5. The van der Waals surface area contributed by atoms with Crippen LogP contribution in [0.15, 0.2) is 30.6 Å². The van der Waals surface area contributed by atoms with Crippen LogP contribution in [0.5, 0.6) is 0 Å². The summed E-state index contributed by atoms with van der Waals surface area (Å²) in [6.45, 7) is 3.69. The number of nitro benzene ring substituents is 1. The molecule has 0 saturated heterocycles. The summed E-state index contributed by atoms with van der Waals surface area (Å²) in [6, 6.07) is 3.50. The van der Waals surface area contributed by atoms with Crippen LogP contribution in [0.4, 0.5) is 15.8 Å². The number of hydrogen-bond acceptors (Lipinski definition) is 5. The van der Waals surface area contributed by atoms with E-state index in [1.165, 1.54) is 6.07 Å². The molecule has 2 aromatic rings. The van der Waals surface area contributed by atoms with E-state index in [0.717, 1.165) is 23.5 Å². The van der Waals surface area contributed by atoms with Gasteiger partial charge in [-0.3, -0.25) is 20.1 Å². The van der Waals surface area contributed by atoms with Crippen LogP contribution in [0.3, 0.4) is 0 Å². The number of hydrogen-bond donors (Lipinski definition) is 1. The Balaban J connectivity index is 2.20. The monoisotopic (exact) mass is 276 g/mol. The number of nitro groups is 1. The van der Waals surface area contributed by atoms with Crippen molar-refractivity contribution in [2.45, 2.75) is 19.9 Å². The minimum absolute atomic E-state index is 0.190. The van der Waals surface area contributed by atoms with E-state index in [0.29, 0.717) is 5.69 Å². The van der Waals surface area contributed by atoms with Crippen molar-refractivity contribution in [3.8, 4) is 0 Å². The maximum atomic E-state index is 13.5. The number of aryl methyl sites for hydroxylation is 1. The normalized spacial score (nSPS) is 11.9. The summed E-state index contributed by atoms with van der Waals surface area (Å²) in [5, 5.41) is 13.6. The Morgan fingerprint density at radius 1 is 1.35 bits per heavy atom. The van der Waals surface area contributed by atoms with E-state index in [2.05, 4.69) is 15.3 Å².